The van der Waals surface area contributed by atoms with E-state index in [1.54, 1.807) is 0 Å². The van der Waals surface area contributed by atoms with Gasteiger partial charge in [-0.3, -0.25) is 10.8 Å². The van der Waals surface area contributed by atoms with Crippen LogP contribution in [0.15, 0.2) is 97.1 Å². The zero-order valence-corrected chi connectivity index (χ0v) is 18.3. The molecule has 6 rings (SSSR count). The minimum absolute atomic E-state index is 0.182. The average molecular weight is 436 g/mol. The second kappa shape index (κ2) is 7.10. The molecule has 4 aromatic carbocycles. The van der Waals surface area contributed by atoms with Crippen molar-refractivity contribution in [1.29, 1.82) is 10.8 Å². The number of nitrogens with one attached hydrogen (secondary N) is 2. The molecular weight excluding hydrogens is 418 g/mol. The average Bonchev–Trinajstić information content (AvgIpc) is 3.32. The van der Waals surface area contributed by atoms with Gasteiger partial charge in [0.1, 0.15) is 0 Å². The summed E-state index contributed by atoms with van der Waals surface area (Å²) in [7, 11) is -2.18. The van der Waals surface area contributed by atoms with Gasteiger partial charge in [-0.1, -0.05) is 72.8 Å². The van der Waals surface area contributed by atoms with Crippen molar-refractivity contribution < 1.29 is 4.74 Å². The van der Waals surface area contributed by atoms with E-state index in [1.165, 1.54) is 21.5 Å². The Kier molecular flexibility index (Phi) is 4.21. The highest BCUT2D eigenvalue weighted by Gasteiger charge is 2.20. The van der Waals surface area contributed by atoms with Gasteiger partial charge in [0.2, 0.25) is 11.3 Å². The van der Waals surface area contributed by atoms with E-state index in [0.29, 0.717) is 0 Å². The summed E-state index contributed by atoms with van der Waals surface area (Å²) in [6, 6.07) is 33.1. The second-order valence-corrected chi connectivity index (χ2v) is 11.5. The van der Waals surface area contributed by atoms with Crippen molar-refractivity contribution in [2.24, 2.45) is 0 Å². The van der Waals surface area contributed by atoms with E-state index in [9.17, 15) is 0 Å². The molecular formula is C26H18N2OP2. The van der Waals surface area contributed by atoms with Gasteiger partial charge in [0.15, 0.2) is 0 Å². The lowest BCUT2D eigenvalue weighted by Crippen LogP contribution is -2.02. The van der Waals surface area contributed by atoms with Crippen LogP contribution in [0.25, 0.3) is 42.0 Å². The molecule has 0 spiro atoms. The first-order valence-corrected chi connectivity index (χ1v) is 12.7. The Balaban J connectivity index is 1.50. The van der Waals surface area contributed by atoms with Crippen LogP contribution in [0.2, 0.25) is 0 Å². The van der Waals surface area contributed by atoms with Crippen LogP contribution >= 0.6 is 15.1 Å². The minimum Gasteiger partial charge on any atom is -0.414 e. The Morgan fingerprint density at radius 3 is 1.00 bits per heavy atom. The van der Waals surface area contributed by atoms with Crippen molar-refractivity contribution in [2.45, 2.75) is 0 Å². The standard InChI is InChI=1S/C26H18N2OP2/c27-25(30-21-13-5-1-9-17(21)18-10-2-6-14-22(18)30)29-26(28)31-23-15-7-3-11-19(23)20-12-4-8-16-24(20)31/h1-16,27-28H. The molecule has 5 heteroatoms. The number of hydrogen-bond acceptors (Lipinski definition) is 3. The molecule has 0 aliphatic rings. The number of hydrogen-bond donors (Lipinski definition) is 2. The summed E-state index contributed by atoms with van der Waals surface area (Å²) < 4.78 is 6.07. The van der Waals surface area contributed by atoms with Gasteiger partial charge in [-0.25, -0.2) is 0 Å². The highest BCUT2D eigenvalue weighted by molar-refractivity contribution is 7.79. The van der Waals surface area contributed by atoms with E-state index in [2.05, 4.69) is 48.5 Å². The van der Waals surface area contributed by atoms with Gasteiger partial charge in [-0.2, -0.15) is 0 Å². The lowest BCUT2D eigenvalue weighted by molar-refractivity contribution is 0.567. The maximum atomic E-state index is 8.89. The van der Waals surface area contributed by atoms with Gasteiger partial charge in [0.05, 0.1) is 0 Å². The third-order valence-corrected chi connectivity index (χ3v) is 10.2. The van der Waals surface area contributed by atoms with Crippen molar-refractivity contribution in [3.63, 3.8) is 0 Å². The van der Waals surface area contributed by atoms with Crippen LogP contribution in [0.4, 0.5) is 0 Å². The monoisotopic (exact) mass is 436 g/mol. The quantitative estimate of drug-likeness (QED) is 0.207. The highest BCUT2D eigenvalue weighted by Crippen LogP contribution is 2.52. The Hall–Kier alpha value is -3.38. The lowest BCUT2D eigenvalue weighted by Gasteiger charge is -2.10. The summed E-state index contributed by atoms with van der Waals surface area (Å²) >= 11 is 0. The van der Waals surface area contributed by atoms with E-state index in [1.807, 2.05) is 48.5 Å². The van der Waals surface area contributed by atoms with Crippen LogP contribution in [-0.2, 0) is 4.74 Å². The van der Waals surface area contributed by atoms with E-state index < -0.39 is 15.1 Å². The lowest BCUT2D eigenvalue weighted by atomic mass is 10.2. The molecule has 0 fully saturated rings. The molecule has 31 heavy (non-hydrogen) atoms. The molecule has 0 radical (unpaired) electrons. The molecule has 6 aromatic rings. The Bertz CT molecular complexity index is 1430. The first-order valence-electron chi connectivity index (χ1n) is 10.1. The molecule has 0 saturated carbocycles. The van der Waals surface area contributed by atoms with E-state index >= 15 is 0 Å². The van der Waals surface area contributed by atoms with Crippen molar-refractivity contribution >= 4 is 68.4 Å². The predicted octanol–water partition coefficient (Wildman–Crippen LogP) is 8.56. The predicted molar refractivity (Wildman–Crippen MR) is 136 cm³/mol. The van der Waals surface area contributed by atoms with Gasteiger partial charge in [-0.05, 0) is 60.9 Å². The third kappa shape index (κ3) is 2.75. The summed E-state index contributed by atoms with van der Waals surface area (Å²) in [4.78, 5) is 0. The van der Waals surface area contributed by atoms with Crippen LogP contribution < -0.4 is 0 Å². The molecule has 148 valence electrons. The Morgan fingerprint density at radius 1 is 0.452 bits per heavy atom. The summed E-state index contributed by atoms with van der Waals surface area (Å²) in [5.41, 5.74) is 0.364. The summed E-state index contributed by atoms with van der Waals surface area (Å²) in [6.45, 7) is 0. The van der Waals surface area contributed by atoms with Crippen molar-refractivity contribution in [3.8, 4) is 0 Å². The topological polar surface area (TPSA) is 56.9 Å². The molecule has 2 aromatic heterocycles. The highest BCUT2D eigenvalue weighted by atomic mass is 31.1. The summed E-state index contributed by atoms with van der Waals surface area (Å²) in [5, 5.41) is 27.0. The van der Waals surface area contributed by atoms with Crippen molar-refractivity contribution in [1.82, 2.24) is 0 Å². The van der Waals surface area contributed by atoms with Crippen molar-refractivity contribution in [2.75, 3.05) is 0 Å². The number of benzene rings is 4. The molecule has 0 aliphatic carbocycles. The number of fused-ring (bicyclic) bond motifs is 6. The Morgan fingerprint density at radius 2 is 0.710 bits per heavy atom. The maximum Gasteiger partial charge on any atom is 0.237 e. The fraction of sp³-hybridized carbons (Fsp3) is 0. The van der Waals surface area contributed by atoms with Gasteiger partial charge >= 0.3 is 0 Å². The van der Waals surface area contributed by atoms with E-state index in [-0.39, 0.29) is 11.3 Å². The van der Waals surface area contributed by atoms with Crippen LogP contribution in [0.5, 0.6) is 0 Å². The smallest absolute Gasteiger partial charge is 0.237 e. The fourth-order valence-electron chi connectivity index (χ4n) is 4.47. The van der Waals surface area contributed by atoms with Gasteiger partial charge < -0.3 is 4.74 Å². The van der Waals surface area contributed by atoms with Gasteiger partial charge in [-0.15, -0.1) is 0 Å². The van der Waals surface area contributed by atoms with E-state index in [4.69, 9.17) is 15.6 Å². The third-order valence-electron chi connectivity index (χ3n) is 5.76. The van der Waals surface area contributed by atoms with E-state index in [0.717, 1.165) is 20.5 Å². The zero-order valence-electron chi connectivity index (χ0n) is 16.5. The first-order chi connectivity index (χ1) is 15.2. The molecule has 0 unspecified atom stereocenters. The molecule has 2 heterocycles. The second-order valence-electron chi connectivity index (χ2n) is 7.45. The van der Waals surface area contributed by atoms with Crippen LogP contribution in [0.3, 0.4) is 0 Å². The maximum absolute atomic E-state index is 8.89. The number of rotatable bonds is 2. The number of ether oxygens (including phenoxy) is 1. The fourth-order valence-corrected chi connectivity index (χ4v) is 8.98. The van der Waals surface area contributed by atoms with Crippen LogP contribution in [0.1, 0.15) is 0 Å². The SMILES string of the molecule is N=C(OC(=N)p1c2ccccc2c2ccccc21)p1c2ccccc2c2ccccc21. The first kappa shape index (κ1) is 18.4. The Labute approximate surface area is 181 Å². The zero-order chi connectivity index (χ0) is 20.9. The molecule has 0 bridgehead atoms. The van der Waals surface area contributed by atoms with Crippen LogP contribution in [-0.4, -0.2) is 11.3 Å². The largest absolute Gasteiger partial charge is 0.414 e. The van der Waals surface area contributed by atoms with Gasteiger partial charge in [0, 0.05) is 20.5 Å². The molecule has 0 atom stereocenters. The molecule has 3 nitrogen and oxygen atoms in total. The molecule has 0 amide bonds. The van der Waals surface area contributed by atoms with Crippen LogP contribution in [0, 0.1) is 10.8 Å². The molecule has 2 N–H and O–H groups in total. The normalized spacial score (nSPS) is 11.5. The summed E-state index contributed by atoms with van der Waals surface area (Å²) in [5.74, 6) is 0. The van der Waals surface area contributed by atoms with Gasteiger partial charge in [0.25, 0.3) is 0 Å². The minimum atomic E-state index is -1.09. The van der Waals surface area contributed by atoms with Crippen molar-refractivity contribution in [3.05, 3.63) is 97.1 Å². The molecule has 0 saturated heterocycles. The summed E-state index contributed by atoms with van der Waals surface area (Å²) in [6.07, 6.45) is 0. The molecule has 0 aliphatic heterocycles.